The zero-order valence-electron chi connectivity index (χ0n) is 12.3. The largest absolute Gasteiger partial charge is 0.463 e. The molecule has 0 fully saturated rings. The summed E-state index contributed by atoms with van der Waals surface area (Å²) in [4.78, 5) is 34.1. The Labute approximate surface area is 127 Å². The summed E-state index contributed by atoms with van der Waals surface area (Å²) in [7, 11) is 0. The number of hydrogen-bond acceptors (Lipinski definition) is 5. The molecule has 0 saturated carbocycles. The molecule has 0 radical (unpaired) electrons. The van der Waals surface area contributed by atoms with Gasteiger partial charge in [-0.05, 0) is 19.4 Å². The minimum atomic E-state index is -0.495. The fourth-order valence-electron chi connectivity index (χ4n) is 2.49. The van der Waals surface area contributed by atoms with E-state index in [2.05, 4.69) is 5.32 Å². The van der Waals surface area contributed by atoms with Crippen LogP contribution in [-0.2, 0) is 14.3 Å². The van der Waals surface area contributed by atoms with E-state index < -0.39 is 16.8 Å². The van der Waals surface area contributed by atoms with E-state index in [9.17, 15) is 19.7 Å². The molecule has 1 aliphatic heterocycles. The number of esters is 1. The first-order valence-corrected chi connectivity index (χ1v) is 6.86. The van der Waals surface area contributed by atoms with Crippen molar-refractivity contribution < 1.29 is 19.2 Å². The molecular weight excluding hydrogens is 288 g/mol. The highest BCUT2D eigenvalue weighted by atomic mass is 16.6. The second-order valence-corrected chi connectivity index (χ2v) is 4.91. The van der Waals surface area contributed by atoms with Gasteiger partial charge < -0.3 is 10.1 Å². The SMILES string of the molecule is CCOC(=O)C1=C(C)NC(=O)CC1c1ccc([N+](=O)[O-])cc1. The first-order chi connectivity index (χ1) is 10.4. The van der Waals surface area contributed by atoms with Crippen molar-refractivity contribution in [3.05, 3.63) is 51.2 Å². The molecule has 22 heavy (non-hydrogen) atoms. The van der Waals surface area contributed by atoms with Gasteiger partial charge in [0.1, 0.15) is 0 Å². The highest BCUT2D eigenvalue weighted by Gasteiger charge is 2.32. The Morgan fingerprint density at radius 3 is 2.59 bits per heavy atom. The Morgan fingerprint density at radius 1 is 1.41 bits per heavy atom. The molecule has 7 nitrogen and oxygen atoms in total. The number of amides is 1. The van der Waals surface area contributed by atoms with Crippen molar-refractivity contribution in [3.8, 4) is 0 Å². The van der Waals surface area contributed by atoms with Gasteiger partial charge >= 0.3 is 5.97 Å². The molecule has 0 aliphatic carbocycles. The van der Waals surface area contributed by atoms with Gasteiger partial charge in [-0.25, -0.2) is 4.79 Å². The fourth-order valence-corrected chi connectivity index (χ4v) is 2.49. The number of nitro benzene ring substituents is 1. The van der Waals surface area contributed by atoms with E-state index in [4.69, 9.17) is 4.74 Å². The van der Waals surface area contributed by atoms with E-state index in [1.165, 1.54) is 12.1 Å². The molecule has 2 rings (SSSR count). The third kappa shape index (κ3) is 3.13. The summed E-state index contributed by atoms with van der Waals surface area (Å²) in [6.07, 6.45) is 0.100. The number of non-ortho nitro benzene ring substituents is 1. The lowest BCUT2D eigenvalue weighted by Crippen LogP contribution is -2.34. The Morgan fingerprint density at radius 2 is 2.05 bits per heavy atom. The van der Waals surface area contributed by atoms with Crippen LogP contribution in [0.2, 0.25) is 0 Å². The molecule has 1 aromatic carbocycles. The van der Waals surface area contributed by atoms with Gasteiger partial charge in [0.15, 0.2) is 0 Å². The number of nitrogens with one attached hydrogen (secondary N) is 1. The van der Waals surface area contributed by atoms with Crippen LogP contribution in [0.5, 0.6) is 0 Å². The maximum Gasteiger partial charge on any atom is 0.336 e. The standard InChI is InChI=1S/C15H16N2O5/c1-3-22-15(19)14-9(2)16-13(18)8-12(14)10-4-6-11(7-5-10)17(20)21/h4-7,12H,3,8H2,1-2H3,(H,16,18). The monoisotopic (exact) mass is 304 g/mol. The quantitative estimate of drug-likeness (QED) is 0.521. The molecule has 1 aliphatic rings. The molecule has 0 spiro atoms. The van der Waals surface area contributed by atoms with E-state index >= 15 is 0 Å². The lowest BCUT2D eigenvalue weighted by molar-refractivity contribution is -0.384. The van der Waals surface area contributed by atoms with Crippen molar-refractivity contribution >= 4 is 17.6 Å². The first kappa shape index (κ1) is 15.7. The Hall–Kier alpha value is -2.70. The van der Waals surface area contributed by atoms with Crippen LogP contribution in [0.4, 0.5) is 5.69 Å². The van der Waals surface area contributed by atoms with Gasteiger partial charge in [-0.15, -0.1) is 0 Å². The van der Waals surface area contributed by atoms with Gasteiger partial charge in [0.25, 0.3) is 5.69 Å². The summed E-state index contributed by atoms with van der Waals surface area (Å²) in [6.45, 7) is 3.58. The van der Waals surface area contributed by atoms with Crippen molar-refractivity contribution in [2.75, 3.05) is 6.61 Å². The molecule has 1 unspecified atom stereocenters. The predicted molar refractivity (Wildman–Crippen MR) is 77.9 cm³/mol. The number of carbonyl (C=O) groups excluding carboxylic acids is 2. The van der Waals surface area contributed by atoms with E-state index in [-0.39, 0.29) is 24.6 Å². The van der Waals surface area contributed by atoms with Crippen LogP contribution in [0, 0.1) is 10.1 Å². The van der Waals surface area contributed by atoms with Crippen LogP contribution in [0.15, 0.2) is 35.5 Å². The molecule has 116 valence electrons. The summed E-state index contributed by atoms with van der Waals surface area (Å²) in [5.74, 6) is -1.15. The van der Waals surface area contributed by atoms with Gasteiger partial charge in [0.2, 0.25) is 5.91 Å². The number of carbonyl (C=O) groups is 2. The van der Waals surface area contributed by atoms with Crippen molar-refractivity contribution in [3.63, 3.8) is 0 Å². The molecule has 1 N–H and O–H groups in total. The summed E-state index contributed by atoms with van der Waals surface area (Å²) in [5.41, 5.74) is 1.47. The highest BCUT2D eigenvalue weighted by molar-refractivity contribution is 5.95. The normalized spacial score (nSPS) is 17.9. The molecule has 0 aromatic heterocycles. The van der Waals surface area contributed by atoms with Crippen LogP contribution in [0.1, 0.15) is 31.7 Å². The van der Waals surface area contributed by atoms with Crippen molar-refractivity contribution in [1.29, 1.82) is 0 Å². The Bertz CT molecular complexity index is 648. The predicted octanol–water partition coefficient (Wildman–Crippen LogP) is 2.04. The van der Waals surface area contributed by atoms with E-state index in [1.54, 1.807) is 26.0 Å². The number of nitro groups is 1. The van der Waals surface area contributed by atoms with Crippen LogP contribution in [0.3, 0.4) is 0 Å². The number of hydrogen-bond donors (Lipinski definition) is 1. The molecular formula is C15H16N2O5. The van der Waals surface area contributed by atoms with Crippen LogP contribution >= 0.6 is 0 Å². The molecule has 1 aromatic rings. The van der Waals surface area contributed by atoms with Gasteiger partial charge in [-0.2, -0.15) is 0 Å². The average Bonchev–Trinajstić information content (AvgIpc) is 2.46. The van der Waals surface area contributed by atoms with Gasteiger partial charge in [-0.3, -0.25) is 14.9 Å². The lowest BCUT2D eigenvalue weighted by atomic mass is 9.84. The molecule has 7 heteroatoms. The minimum Gasteiger partial charge on any atom is -0.463 e. The second-order valence-electron chi connectivity index (χ2n) is 4.91. The third-order valence-corrected chi connectivity index (χ3v) is 3.47. The number of allylic oxidation sites excluding steroid dienone is 1. The van der Waals surface area contributed by atoms with E-state index in [0.717, 1.165) is 0 Å². The van der Waals surface area contributed by atoms with Crippen LogP contribution in [0.25, 0.3) is 0 Å². The lowest BCUT2D eigenvalue weighted by Gasteiger charge is -2.26. The van der Waals surface area contributed by atoms with Crippen LogP contribution in [-0.4, -0.2) is 23.4 Å². The smallest absolute Gasteiger partial charge is 0.336 e. The topological polar surface area (TPSA) is 98.5 Å². The van der Waals surface area contributed by atoms with Gasteiger partial charge in [0.05, 0.1) is 17.1 Å². The number of ether oxygens (including phenoxy) is 1. The molecule has 1 heterocycles. The van der Waals surface area contributed by atoms with Gasteiger partial charge in [-0.1, -0.05) is 12.1 Å². The third-order valence-electron chi connectivity index (χ3n) is 3.47. The number of benzene rings is 1. The van der Waals surface area contributed by atoms with Crippen LogP contribution < -0.4 is 5.32 Å². The maximum atomic E-state index is 12.1. The summed E-state index contributed by atoms with van der Waals surface area (Å²) in [6, 6.07) is 5.85. The average molecular weight is 304 g/mol. The molecule has 1 atom stereocenters. The Balaban J connectivity index is 2.40. The molecule has 1 amide bonds. The maximum absolute atomic E-state index is 12.1. The summed E-state index contributed by atoms with van der Waals surface area (Å²) < 4.78 is 5.04. The van der Waals surface area contributed by atoms with Crippen molar-refractivity contribution in [1.82, 2.24) is 5.32 Å². The van der Waals surface area contributed by atoms with Gasteiger partial charge in [0, 0.05) is 30.2 Å². The van der Waals surface area contributed by atoms with E-state index in [1.807, 2.05) is 0 Å². The molecule has 0 bridgehead atoms. The fraction of sp³-hybridized carbons (Fsp3) is 0.333. The van der Waals surface area contributed by atoms with Crippen molar-refractivity contribution in [2.24, 2.45) is 0 Å². The summed E-state index contributed by atoms with van der Waals surface area (Å²) in [5, 5.41) is 13.3. The zero-order chi connectivity index (χ0) is 16.3. The minimum absolute atomic E-state index is 0.0394. The van der Waals surface area contributed by atoms with Crippen molar-refractivity contribution in [2.45, 2.75) is 26.2 Å². The van der Waals surface area contributed by atoms with E-state index in [0.29, 0.717) is 16.8 Å². The number of rotatable bonds is 4. The summed E-state index contributed by atoms with van der Waals surface area (Å²) >= 11 is 0. The number of nitrogens with zero attached hydrogens (tertiary/aromatic N) is 1. The first-order valence-electron chi connectivity index (χ1n) is 6.86. The zero-order valence-corrected chi connectivity index (χ0v) is 12.3. The Kier molecular flexibility index (Phi) is 4.55. The molecule has 0 saturated heterocycles. The highest BCUT2D eigenvalue weighted by Crippen LogP contribution is 2.34. The second kappa shape index (κ2) is 6.38.